The van der Waals surface area contributed by atoms with Crippen LogP contribution in [0.4, 0.5) is 0 Å². The Morgan fingerprint density at radius 3 is 1.23 bits per heavy atom. The molecule has 0 atom stereocenters. The zero-order valence-corrected chi connectivity index (χ0v) is 53.7. The average molecular weight is 1240 g/mol. The minimum absolute atomic E-state index is 0.656. The van der Waals surface area contributed by atoms with Gasteiger partial charge in [-0.25, -0.2) is 19.9 Å². The quantitative estimate of drug-likeness (QED) is 0.0956. The second-order valence-corrected chi connectivity index (χ2v) is 28.7. The van der Waals surface area contributed by atoms with Crippen molar-refractivity contribution in [3.63, 3.8) is 0 Å². The Balaban J connectivity index is 0.000000145. The lowest BCUT2D eigenvalue weighted by Crippen LogP contribution is -2.64. The molecule has 96 heavy (non-hydrogen) atoms. The summed E-state index contributed by atoms with van der Waals surface area (Å²) < 4.78 is 4.43. The molecule has 18 rings (SSSR count). The van der Waals surface area contributed by atoms with Crippen LogP contribution in [0.5, 0.6) is 0 Å². The third kappa shape index (κ3) is 10.4. The smallest absolute Gasteiger partial charge is 0.235 e. The Kier molecular flexibility index (Phi) is 14.7. The van der Waals surface area contributed by atoms with Crippen LogP contribution in [0, 0.1) is 0 Å². The second kappa shape index (κ2) is 24.6. The first kappa shape index (κ1) is 57.5. The van der Waals surface area contributed by atoms with Crippen LogP contribution < -0.4 is 15.6 Å². The van der Waals surface area contributed by atoms with Crippen molar-refractivity contribution in [2.75, 3.05) is 0 Å². The topological polar surface area (TPSA) is 61.4 Å². The number of para-hydroxylation sites is 1. The molecule has 0 saturated carbocycles. The lowest BCUT2D eigenvalue weighted by molar-refractivity contribution is 0.992. The molecule has 0 N–H and O–H groups in total. The molecule has 0 amide bonds. The van der Waals surface area contributed by atoms with Crippen LogP contribution in [0.2, 0.25) is 6.55 Å². The molecule has 6 nitrogen and oxygen atoms in total. The molecule has 0 unspecified atom stereocenters. The van der Waals surface area contributed by atoms with Crippen LogP contribution in [-0.2, 0) is 0 Å². The fraction of sp³-hybridized carbons (Fsp3) is 0.0112. The molecule has 18 aromatic rings. The van der Waals surface area contributed by atoms with Gasteiger partial charge in [0.05, 0.1) is 27.8 Å². The summed E-state index contributed by atoms with van der Waals surface area (Å²) in [6.07, 6.45) is 5.76. The van der Waals surface area contributed by atoms with E-state index in [2.05, 4.69) is 343 Å². The van der Waals surface area contributed by atoms with Gasteiger partial charge in [-0.15, -0.1) is 0 Å². The summed E-state index contributed by atoms with van der Waals surface area (Å²) in [5.74, 6) is 1.33. The molecule has 4 aromatic heterocycles. The highest BCUT2D eigenvalue weighted by Gasteiger charge is 2.34. The third-order valence-corrected chi connectivity index (χ3v) is 23.7. The Hall–Kier alpha value is -12.4. The van der Waals surface area contributed by atoms with Gasteiger partial charge in [0.1, 0.15) is 8.07 Å². The molecule has 0 saturated heterocycles. The van der Waals surface area contributed by atoms with Gasteiger partial charge < -0.3 is 0 Å². The Morgan fingerprint density at radius 2 is 0.646 bits per heavy atom. The van der Waals surface area contributed by atoms with Crippen LogP contribution in [-0.4, -0.2) is 37.1 Å². The fourth-order valence-corrected chi connectivity index (χ4v) is 17.7. The molecule has 0 aliphatic rings. The third-order valence-electron chi connectivity index (χ3n) is 19.2. The maximum Gasteiger partial charge on any atom is 0.235 e. The van der Waals surface area contributed by atoms with E-state index in [9.17, 15) is 0 Å². The number of aromatic nitrogens is 6. The van der Waals surface area contributed by atoms with Crippen LogP contribution in [0.15, 0.2) is 358 Å². The average Bonchev–Trinajstić information content (AvgIpc) is 1.55. The maximum atomic E-state index is 5.21. The Bertz CT molecular complexity index is 5820. The predicted octanol–water partition coefficient (Wildman–Crippen LogP) is 20.6. The van der Waals surface area contributed by atoms with Crippen molar-refractivity contribution in [2.45, 2.75) is 6.55 Å². The highest BCUT2D eigenvalue weighted by molar-refractivity contribution is 7.10. The normalized spacial score (nSPS) is 11.6. The Labute approximate surface area is 558 Å². The molecule has 0 bridgehead atoms. The molecule has 0 fully saturated rings. The number of rotatable bonds is 11. The van der Waals surface area contributed by atoms with E-state index >= 15 is 0 Å². The van der Waals surface area contributed by atoms with Crippen LogP contribution in [0.25, 0.3) is 144 Å². The zero-order chi connectivity index (χ0) is 63.9. The van der Waals surface area contributed by atoms with E-state index in [1.54, 1.807) is 0 Å². The van der Waals surface area contributed by atoms with Gasteiger partial charge >= 0.3 is 0 Å². The van der Waals surface area contributed by atoms with Gasteiger partial charge in [0.25, 0.3) is 0 Å². The first-order chi connectivity index (χ1) is 47.5. The van der Waals surface area contributed by atoms with Gasteiger partial charge in [-0.3, -0.25) is 9.13 Å². The summed E-state index contributed by atoms with van der Waals surface area (Å²) >= 11 is 0. The summed E-state index contributed by atoms with van der Waals surface area (Å²) in [7, 11) is -2.14. The van der Waals surface area contributed by atoms with Crippen molar-refractivity contribution in [1.82, 2.24) is 29.1 Å². The van der Waals surface area contributed by atoms with E-state index in [0.717, 1.165) is 50.0 Å². The largest absolute Gasteiger partial charge is 0.277 e. The van der Waals surface area contributed by atoms with E-state index in [4.69, 9.17) is 19.9 Å². The van der Waals surface area contributed by atoms with Crippen LogP contribution in [0.1, 0.15) is 0 Å². The highest BCUT2D eigenvalue weighted by atomic mass is 28.3. The highest BCUT2D eigenvalue weighted by Crippen LogP contribution is 2.40. The molecule has 0 spiro atoms. The number of hydrogen-bond acceptors (Lipinski definition) is 4. The summed E-state index contributed by atoms with van der Waals surface area (Å²) in [6.45, 7) is 2.46. The predicted molar refractivity (Wildman–Crippen MR) is 404 cm³/mol. The van der Waals surface area contributed by atoms with Crippen molar-refractivity contribution < 1.29 is 0 Å². The molecule has 4 heterocycles. The van der Waals surface area contributed by atoms with Gasteiger partial charge in [0, 0.05) is 62.0 Å². The lowest BCUT2D eigenvalue weighted by Gasteiger charge is -2.29. The summed E-state index contributed by atoms with van der Waals surface area (Å²) in [5, 5.41) is 13.8. The fourth-order valence-electron chi connectivity index (χ4n) is 14.2. The summed E-state index contributed by atoms with van der Waals surface area (Å²) in [5.41, 5.74) is 18.0. The number of fused-ring (bicyclic) bond motifs is 10. The SMILES string of the molecule is C[Si](c1ccccc1)(c1ccccc1)c1ccc(-c2ccc(-c3cnc(-n4c5ccccc5c5ccc6ccccc6c54)nc3)cc2)cc1.c1ccc(-c2ccc(-c3cccc(-c4ccnc(-n5c6ccc(-c7ccccc7)cc6c6ccc7ccccc7c65)n4)c3)cc2)cc1. The van der Waals surface area contributed by atoms with Crippen molar-refractivity contribution in [3.8, 4) is 78.8 Å². The van der Waals surface area contributed by atoms with Gasteiger partial charge in [0.15, 0.2) is 0 Å². The van der Waals surface area contributed by atoms with Crippen molar-refractivity contribution >= 4 is 88.8 Å². The maximum absolute atomic E-state index is 5.21. The standard InChI is InChI=1S/C45H33N3Si.C44H29N3/c1-49(37-13-4-2-5-14-37,38-15-6-3-7-16-38)39-27-24-33(25-28-39)32-20-22-34(23-21-32)36-30-46-45(47-31-36)48-43-19-11-10-18-41(43)42-29-26-35-12-8-9-17-40(35)44(42)48;1-3-10-30(11-4-1)32-18-20-33(21-19-32)35-15-9-16-37(28-35)41-26-27-45-44(46-41)47-42-25-23-36(31-12-5-2-6-13-31)29-40(42)39-24-22-34-14-7-8-17-38(34)43(39)47/h2-31H,1H3;1-29H. The molecule has 0 aliphatic carbocycles. The summed E-state index contributed by atoms with van der Waals surface area (Å²) in [4.78, 5) is 19.9. The van der Waals surface area contributed by atoms with Gasteiger partial charge in [-0.05, 0) is 107 Å². The van der Waals surface area contributed by atoms with Crippen LogP contribution in [0.3, 0.4) is 0 Å². The van der Waals surface area contributed by atoms with E-state index in [0.29, 0.717) is 11.9 Å². The van der Waals surface area contributed by atoms with Gasteiger partial charge in [0.2, 0.25) is 11.9 Å². The van der Waals surface area contributed by atoms with Crippen molar-refractivity contribution in [3.05, 3.63) is 358 Å². The molecule has 0 radical (unpaired) electrons. The first-order valence-electron chi connectivity index (χ1n) is 32.7. The van der Waals surface area contributed by atoms with E-state index in [1.165, 1.54) is 97.6 Å². The molecular formula is C89H62N6Si. The Morgan fingerprint density at radius 1 is 0.250 bits per heavy atom. The number of benzene rings is 14. The molecular weight excluding hydrogens is 1180 g/mol. The van der Waals surface area contributed by atoms with Gasteiger partial charge in [-0.2, -0.15) is 0 Å². The van der Waals surface area contributed by atoms with E-state index in [-0.39, 0.29) is 0 Å². The minimum Gasteiger partial charge on any atom is -0.277 e. The second-order valence-electron chi connectivity index (χ2n) is 24.7. The zero-order valence-electron chi connectivity index (χ0n) is 52.7. The van der Waals surface area contributed by atoms with Crippen molar-refractivity contribution in [1.29, 1.82) is 0 Å². The van der Waals surface area contributed by atoms with Gasteiger partial charge in [-0.1, -0.05) is 316 Å². The van der Waals surface area contributed by atoms with E-state index < -0.39 is 8.07 Å². The monoisotopic (exact) mass is 1240 g/mol. The van der Waals surface area contributed by atoms with Crippen LogP contribution >= 0.6 is 0 Å². The molecule has 14 aromatic carbocycles. The summed E-state index contributed by atoms with van der Waals surface area (Å²) in [6, 6.07) is 122. The minimum atomic E-state index is -2.14. The van der Waals surface area contributed by atoms with E-state index in [1.807, 2.05) is 30.7 Å². The molecule has 7 heteroatoms. The van der Waals surface area contributed by atoms with Crippen molar-refractivity contribution in [2.24, 2.45) is 0 Å². The first-order valence-corrected chi connectivity index (χ1v) is 35.2. The molecule has 0 aliphatic heterocycles. The molecule has 452 valence electrons. The lowest BCUT2D eigenvalue weighted by atomic mass is 9.98. The number of hydrogen-bond donors (Lipinski definition) is 0. The number of nitrogens with zero attached hydrogens (tertiary/aromatic N) is 6.